The van der Waals surface area contributed by atoms with Crippen molar-refractivity contribution in [2.24, 2.45) is 0 Å². The van der Waals surface area contributed by atoms with E-state index in [4.69, 9.17) is 9.94 Å². The van der Waals surface area contributed by atoms with Crippen LogP contribution >= 0.6 is 0 Å². The molecule has 1 aliphatic heterocycles. The van der Waals surface area contributed by atoms with Gasteiger partial charge < -0.3 is 15.2 Å². The fourth-order valence-electron chi connectivity index (χ4n) is 3.53. The summed E-state index contributed by atoms with van der Waals surface area (Å²) < 4.78 is 5.39. The molecule has 0 radical (unpaired) electrons. The number of ether oxygens (including phenoxy) is 1. The molecule has 1 fully saturated rings. The number of nitrogens with one attached hydrogen (secondary N) is 2. The van der Waals surface area contributed by atoms with Crippen LogP contribution in [0.15, 0.2) is 48.5 Å². The van der Waals surface area contributed by atoms with Crippen LogP contribution in [0.2, 0.25) is 0 Å². The molecule has 0 bridgehead atoms. The zero-order chi connectivity index (χ0) is 23.8. The van der Waals surface area contributed by atoms with Crippen LogP contribution in [0.5, 0.6) is 0 Å². The quantitative estimate of drug-likeness (QED) is 0.277. The summed E-state index contributed by atoms with van der Waals surface area (Å²) in [5, 5.41) is 21.4. The summed E-state index contributed by atoms with van der Waals surface area (Å²) in [5.41, 5.74) is 3.50. The minimum Gasteiger partial charge on any atom is -0.388 e. The Morgan fingerprint density at radius 1 is 1.03 bits per heavy atom. The van der Waals surface area contributed by atoms with Crippen molar-refractivity contribution < 1.29 is 24.6 Å². The number of rotatable bonds is 8. The first-order valence-corrected chi connectivity index (χ1v) is 10.9. The van der Waals surface area contributed by atoms with Gasteiger partial charge in [-0.2, -0.15) is 0 Å². The van der Waals surface area contributed by atoms with Gasteiger partial charge in [-0.1, -0.05) is 48.6 Å². The Kier molecular flexibility index (Phi) is 8.35. The number of nitrogens with zero attached hydrogens (tertiary/aromatic N) is 1. The molecule has 1 heterocycles. The Hall–Kier alpha value is -3.04. The monoisotopic (exact) mass is 453 g/mol. The Morgan fingerprint density at radius 2 is 1.58 bits per heavy atom. The molecule has 8 heteroatoms. The van der Waals surface area contributed by atoms with Crippen LogP contribution in [0, 0.1) is 0 Å². The molecule has 4 N–H and O–H groups in total. The number of carbonyl (C=O) groups excluding carboxylic acids is 2. The van der Waals surface area contributed by atoms with Gasteiger partial charge in [0.2, 0.25) is 0 Å². The number of hydrogen-bond donors (Lipinski definition) is 4. The van der Waals surface area contributed by atoms with E-state index in [0.29, 0.717) is 5.56 Å². The molecule has 2 aromatic carbocycles. The summed E-state index contributed by atoms with van der Waals surface area (Å²) in [6.45, 7) is 7.17. The Labute approximate surface area is 193 Å². The van der Waals surface area contributed by atoms with Crippen molar-refractivity contribution in [1.82, 2.24) is 15.7 Å². The highest BCUT2D eigenvalue weighted by Gasteiger charge is 2.34. The molecule has 3 rings (SSSR count). The molecule has 176 valence electrons. The molecule has 0 unspecified atom stereocenters. The number of hydroxylamine groups is 1. The maximum absolute atomic E-state index is 12.5. The average Bonchev–Trinajstić information content (AvgIpc) is 2.81. The van der Waals surface area contributed by atoms with Crippen LogP contribution in [0.25, 0.3) is 12.2 Å². The van der Waals surface area contributed by atoms with E-state index in [2.05, 4.69) is 34.5 Å². The second-order valence-electron chi connectivity index (χ2n) is 8.62. The Bertz CT molecular complexity index is 959. The molecule has 0 aliphatic carbocycles. The number of carbonyl (C=O) groups is 2. The highest BCUT2D eigenvalue weighted by atomic mass is 16.5. The highest BCUT2D eigenvalue weighted by molar-refractivity contribution is 5.98. The molecular formula is C25H31N3O5. The van der Waals surface area contributed by atoms with Crippen molar-refractivity contribution in [3.05, 3.63) is 70.8 Å². The third kappa shape index (κ3) is 7.23. The maximum atomic E-state index is 12.5. The van der Waals surface area contributed by atoms with Gasteiger partial charge in [0.1, 0.15) is 6.04 Å². The van der Waals surface area contributed by atoms with Crippen molar-refractivity contribution in [3.8, 4) is 0 Å². The standard InChI is InChI=1S/C25H31N3O5/c1-25(2,31)22(24(30)27-32)26-23(29)21-11-9-19(10-12-21)4-3-18-5-7-20(8-6-18)17-28-13-15-33-16-14-28/h3-12,22,31-32H,13-17H2,1-2H3,(H,26,29)(H,27,30)/b4-3+/t22-/m1/s1. The van der Waals surface area contributed by atoms with E-state index < -0.39 is 23.5 Å². The third-order valence-electron chi connectivity index (χ3n) is 5.48. The zero-order valence-electron chi connectivity index (χ0n) is 19.0. The van der Waals surface area contributed by atoms with Crippen molar-refractivity contribution in [2.75, 3.05) is 26.3 Å². The predicted molar refractivity (Wildman–Crippen MR) is 125 cm³/mol. The molecule has 33 heavy (non-hydrogen) atoms. The zero-order valence-corrected chi connectivity index (χ0v) is 19.0. The van der Waals surface area contributed by atoms with Crippen LogP contribution in [-0.4, -0.2) is 65.0 Å². The van der Waals surface area contributed by atoms with Crippen LogP contribution in [0.1, 0.15) is 40.9 Å². The molecule has 1 aliphatic rings. The van der Waals surface area contributed by atoms with E-state index in [9.17, 15) is 14.7 Å². The highest BCUT2D eigenvalue weighted by Crippen LogP contribution is 2.14. The lowest BCUT2D eigenvalue weighted by molar-refractivity contribution is -0.136. The van der Waals surface area contributed by atoms with E-state index in [1.54, 1.807) is 24.3 Å². The fourth-order valence-corrected chi connectivity index (χ4v) is 3.53. The SMILES string of the molecule is CC(C)(O)[C@H](NC(=O)c1ccc(/C=C/c2ccc(CN3CCOCC3)cc2)cc1)C(=O)NO. The number of benzene rings is 2. The van der Waals surface area contributed by atoms with Gasteiger partial charge in [-0.3, -0.25) is 19.7 Å². The minimum absolute atomic E-state index is 0.333. The van der Waals surface area contributed by atoms with E-state index >= 15 is 0 Å². The second-order valence-corrected chi connectivity index (χ2v) is 8.62. The first-order chi connectivity index (χ1) is 15.8. The van der Waals surface area contributed by atoms with Gasteiger partial charge in [0.05, 0.1) is 18.8 Å². The third-order valence-corrected chi connectivity index (χ3v) is 5.48. The lowest BCUT2D eigenvalue weighted by Gasteiger charge is -2.28. The summed E-state index contributed by atoms with van der Waals surface area (Å²) in [6.07, 6.45) is 3.96. The lowest BCUT2D eigenvalue weighted by atomic mass is 9.97. The summed E-state index contributed by atoms with van der Waals surface area (Å²) in [6, 6.07) is 14.0. The van der Waals surface area contributed by atoms with Gasteiger partial charge in [-0.05, 0) is 42.7 Å². The molecule has 1 atom stereocenters. The topological polar surface area (TPSA) is 111 Å². The van der Waals surface area contributed by atoms with Crippen molar-refractivity contribution in [3.63, 3.8) is 0 Å². The van der Waals surface area contributed by atoms with Crippen LogP contribution < -0.4 is 10.8 Å². The maximum Gasteiger partial charge on any atom is 0.268 e. The molecule has 2 amide bonds. The number of hydrogen-bond acceptors (Lipinski definition) is 6. The van der Waals surface area contributed by atoms with Gasteiger partial charge in [0.15, 0.2) is 0 Å². The molecule has 8 nitrogen and oxygen atoms in total. The summed E-state index contributed by atoms with van der Waals surface area (Å²) >= 11 is 0. The van der Waals surface area contributed by atoms with Crippen LogP contribution in [-0.2, 0) is 16.1 Å². The van der Waals surface area contributed by atoms with E-state index in [-0.39, 0.29) is 0 Å². The predicted octanol–water partition coefficient (Wildman–Crippen LogP) is 2.06. The number of amides is 2. The smallest absolute Gasteiger partial charge is 0.268 e. The molecule has 0 saturated carbocycles. The van der Waals surface area contributed by atoms with Crippen LogP contribution in [0.4, 0.5) is 0 Å². The minimum atomic E-state index is -1.55. The fraction of sp³-hybridized carbons (Fsp3) is 0.360. The van der Waals surface area contributed by atoms with E-state index in [1.807, 2.05) is 12.2 Å². The van der Waals surface area contributed by atoms with E-state index in [0.717, 1.165) is 44.0 Å². The second kappa shape index (κ2) is 11.2. The number of morpholine rings is 1. The van der Waals surface area contributed by atoms with Crippen LogP contribution in [0.3, 0.4) is 0 Å². The Balaban J connectivity index is 1.58. The van der Waals surface area contributed by atoms with Gasteiger partial charge >= 0.3 is 0 Å². The summed E-state index contributed by atoms with van der Waals surface area (Å²) in [5.74, 6) is -1.43. The van der Waals surface area contributed by atoms with Gasteiger partial charge in [0.25, 0.3) is 11.8 Å². The average molecular weight is 454 g/mol. The summed E-state index contributed by atoms with van der Waals surface area (Å²) in [4.78, 5) is 26.6. The van der Waals surface area contributed by atoms with Crippen molar-refractivity contribution in [1.29, 1.82) is 0 Å². The Morgan fingerprint density at radius 3 is 2.09 bits per heavy atom. The van der Waals surface area contributed by atoms with Gasteiger partial charge in [-0.15, -0.1) is 0 Å². The normalized spacial score (nSPS) is 15.9. The first kappa shape index (κ1) is 24.6. The van der Waals surface area contributed by atoms with Crippen molar-refractivity contribution >= 4 is 24.0 Å². The molecule has 2 aromatic rings. The van der Waals surface area contributed by atoms with E-state index in [1.165, 1.54) is 24.9 Å². The molecule has 1 saturated heterocycles. The first-order valence-electron chi connectivity index (χ1n) is 10.9. The largest absolute Gasteiger partial charge is 0.388 e. The van der Waals surface area contributed by atoms with Gasteiger partial charge in [-0.25, -0.2) is 5.48 Å². The summed E-state index contributed by atoms with van der Waals surface area (Å²) in [7, 11) is 0. The molecule has 0 spiro atoms. The number of aliphatic hydroxyl groups is 1. The molecule has 0 aromatic heterocycles. The molecular weight excluding hydrogens is 422 g/mol. The lowest BCUT2D eigenvalue weighted by Crippen LogP contribution is -2.57. The van der Waals surface area contributed by atoms with Crippen molar-refractivity contribution in [2.45, 2.75) is 32.0 Å². The van der Waals surface area contributed by atoms with Gasteiger partial charge in [0, 0.05) is 25.2 Å².